The van der Waals surface area contributed by atoms with Crippen LogP contribution >= 0.6 is 0 Å². The lowest BCUT2D eigenvalue weighted by atomic mass is 9.81. The number of hydrogen-bond acceptors (Lipinski definition) is 1. The Hall–Kier alpha value is -0.890. The normalized spacial score (nSPS) is 27.5. The first-order valence-corrected chi connectivity index (χ1v) is 8.71. The predicted molar refractivity (Wildman–Crippen MR) is 85.6 cm³/mol. The topological polar surface area (TPSA) is 12.0 Å². The van der Waals surface area contributed by atoms with Gasteiger partial charge in [0.1, 0.15) is 5.82 Å². The molecule has 2 heteroatoms. The van der Waals surface area contributed by atoms with Crippen molar-refractivity contribution in [3.8, 4) is 0 Å². The summed E-state index contributed by atoms with van der Waals surface area (Å²) < 4.78 is 13.1. The zero-order chi connectivity index (χ0) is 14.7. The lowest BCUT2D eigenvalue weighted by Gasteiger charge is -2.27. The second-order valence-electron chi connectivity index (χ2n) is 7.25. The summed E-state index contributed by atoms with van der Waals surface area (Å²) >= 11 is 0. The monoisotopic (exact) mass is 289 g/mol. The third-order valence-electron chi connectivity index (χ3n) is 5.28. The summed E-state index contributed by atoms with van der Waals surface area (Å²) in [5.41, 5.74) is 1.26. The van der Waals surface area contributed by atoms with Gasteiger partial charge in [0.05, 0.1) is 0 Å². The summed E-state index contributed by atoms with van der Waals surface area (Å²) in [6.45, 7) is 3.50. The van der Waals surface area contributed by atoms with Crippen molar-refractivity contribution in [1.29, 1.82) is 0 Å². The van der Waals surface area contributed by atoms with Gasteiger partial charge in [0.25, 0.3) is 0 Å². The van der Waals surface area contributed by atoms with Crippen LogP contribution in [0.2, 0.25) is 0 Å². The molecule has 1 aromatic carbocycles. The van der Waals surface area contributed by atoms with Gasteiger partial charge in [-0.15, -0.1) is 0 Å². The van der Waals surface area contributed by atoms with Crippen LogP contribution in [-0.4, -0.2) is 6.54 Å². The van der Waals surface area contributed by atoms with E-state index in [4.69, 9.17) is 0 Å². The Kier molecular flexibility index (Phi) is 4.95. The van der Waals surface area contributed by atoms with E-state index in [-0.39, 0.29) is 5.82 Å². The second-order valence-corrected chi connectivity index (χ2v) is 7.25. The molecule has 0 radical (unpaired) electrons. The third kappa shape index (κ3) is 4.29. The van der Waals surface area contributed by atoms with Crippen molar-refractivity contribution < 1.29 is 4.39 Å². The average molecular weight is 289 g/mol. The minimum Gasteiger partial charge on any atom is -0.310 e. The first-order chi connectivity index (χ1) is 10.2. The average Bonchev–Trinajstić information content (AvgIpc) is 3.30. The van der Waals surface area contributed by atoms with Crippen LogP contribution in [0.3, 0.4) is 0 Å². The Bertz CT molecular complexity index is 437. The van der Waals surface area contributed by atoms with Crippen molar-refractivity contribution >= 4 is 0 Å². The number of nitrogens with one attached hydrogen (secondary N) is 1. The number of benzene rings is 1. The Morgan fingerprint density at radius 3 is 2.57 bits per heavy atom. The van der Waals surface area contributed by atoms with E-state index < -0.39 is 0 Å². The summed E-state index contributed by atoms with van der Waals surface area (Å²) in [6.07, 6.45) is 9.59. The summed E-state index contributed by atoms with van der Waals surface area (Å²) in [7, 11) is 0. The molecule has 2 aliphatic rings. The van der Waals surface area contributed by atoms with E-state index in [0.717, 1.165) is 24.3 Å². The maximum absolute atomic E-state index is 13.1. The van der Waals surface area contributed by atoms with E-state index in [0.29, 0.717) is 6.04 Å². The zero-order valence-electron chi connectivity index (χ0n) is 13.2. The van der Waals surface area contributed by atoms with E-state index in [9.17, 15) is 4.39 Å². The van der Waals surface area contributed by atoms with Crippen molar-refractivity contribution in [3.05, 3.63) is 35.6 Å². The molecule has 3 rings (SSSR count). The van der Waals surface area contributed by atoms with Crippen molar-refractivity contribution in [2.75, 3.05) is 6.54 Å². The van der Waals surface area contributed by atoms with E-state index >= 15 is 0 Å². The highest BCUT2D eigenvalue weighted by Crippen LogP contribution is 2.41. The molecule has 0 heterocycles. The van der Waals surface area contributed by atoms with Crippen LogP contribution in [0.5, 0.6) is 0 Å². The van der Waals surface area contributed by atoms with Gasteiger partial charge in [-0.3, -0.25) is 0 Å². The van der Waals surface area contributed by atoms with Gasteiger partial charge in [-0.25, -0.2) is 4.39 Å². The summed E-state index contributed by atoms with van der Waals surface area (Å²) in [6, 6.07) is 7.53. The Morgan fingerprint density at radius 2 is 1.90 bits per heavy atom. The van der Waals surface area contributed by atoms with Crippen LogP contribution in [0.25, 0.3) is 0 Å². The van der Waals surface area contributed by atoms with Gasteiger partial charge in [-0.1, -0.05) is 38.3 Å². The molecule has 0 saturated heterocycles. The third-order valence-corrected chi connectivity index (χ3v) is 5.28. The van der Waals surface area contributed by atoms with Gasteiger partial charge < -0.3 is 5.32 Å². The van der Waals surface area contributed by atoms with E-state index in [1.54, 1.807) is 12.1 Å². The van der Waals surface area contributed by atoms with Gasteiger partial charge in [0.2, 0.25) is 0 Å². The molecule has 1 aromatic rings. The highest BCUT2D eigenvalue weighted by molar-refractivity contribution is 5.22. The van der Waals surface area contributed by atoms with Crippen molar-refractivity contribution in [1.82, 2.24) is 5.32 Å². The van der Waals surface area contributed by atoms with Crippen LogP contribution in [0.1, 0.15) is 63.5 Å². The summed E-state index contributed by atoms with van der Waals surface area (Å²) in [5.74, 6) is 2.46. The van der Waals surface area contributed by atoms with Crippen LogP contribution in [-0.2, 0) is 0 Å². The van der Waals surface area contributed by atoms with Crippen molar-refractivity contribution in [2.24, 2.45) is 17.8 Å². The second kappa shape index (κ2) is 6.91. The van der Waals surface area contributed by atoms with Crippen molar-refractivity contribution in [2.45, 2.75) is 57.9 Å². The molecule has 3 atom stereocenters. The molecular formula is C19H28FN. The number of hydrogen-bond donors (Lipinski definition) is 1. The van der Waals surface area contributed by atoms with E-state index in [1.807, 2.05) is 12.1 Å². The summed E-state index contributed by atoms with van der Waals surface area (Å²) in [4.78, 5) is 0. The quantitative estimate of drug-likeness (QED) is 0.769. The SMILES string of the molecule is CC1CCCC(CCNC(c2ccc(F)cc2)C2CC2)C1. The molecule has 2 saturated carbocycles. The largest absolute Gasteiger partial charge is 0.310 e. The highest BCUT2D eigenvalue weighted by Gasteiger charge is 2.32. The number of halogens is 1. The molecule has 0 bridgehead atoms. The zero-order valence-corrected chi connectivity index (χ0v) is 13.2. The molecule has 21 heavy (non-hydrogen) atoms. The molecule has 1 nitrogen and oxygen atoms in total. The summed E-state index contributed by atoms with van der Waals surface area (Å²) in [5, 5.41) is 3.76. The molecule has 2 aliphatic carbocycles. The standard InChI is InChI=1S/C19H28FN/c1-14-3-2-4-15(13-14)11-12-21-19(16-5-6-16)17-7-9-18(20)10-8-17/h7-10,14-16,19,21H,2-6,11-13H2,1H3. The maximum Gasteiger partial charge on any atom is 0.123 e. The van der Waals surface area contributed by atoms with E-state index in [1.165, 1.54) is 50.5 Å². The minimum absolute atomic E-state index is 0.135. The molecule has 116 valence electrons. The first kappa shape index (κ1) is 15.0. The predicted octanol–water partition coefficient (Wildman–Crippen LogP) is 5.08. The van der Waals surface area contributed by atoms with Crippen LogP contribution < -0.4 is 5.32 Å². The number of rotatable bonds is 6. The molecule has 2 fully saturated rings. The molecular weight excluding hydrogens is 261 g/mol. The van der Waals surface area contributed by atoms with Gasteiger partial charge >= 0.3 is 0 Å². The molecule has 3 unspecified atom stereocenters. The van der Waals surface area contributed by atoms with Crippen molar-refractivity contribution in [3.63, 3.8) is 0 Å². The minimum atomic E-state index is -0.135. The van der Waals surface area contributed by atoms with E-state index in [2.05, 4.69) is 12.2 Å². The van der Waals surface area contributed by atoms with Gasteiger partial charge in [0.15, 0.2) is 0 Å². The molecule has 0 aliphatic heterocycles. The smallest absolute Gasteiger partial charge is 0.123 e. The lowest BCUT2D eigenvalue weighted by Crippen LogP contribution is -2.26. The first-order valence-electron chi connectivity index (χ1n) is 8.71. The molecule has 0 aromatic heterocycles. The fourth-order valence-corrected chi connectivity index (χ4v) is 3.92. The molecule has 1 N–H and O–H groups in total. The molecule has 0 spiro atoms. The van der Waals surface area contributed by atoms with Crippen LogP contribution in [0.4, 0.5) is 4.39 Å². The van der Waals surface area contributed by atoms with Gasteiger partial charge in [-0.05, 0) is 67.7 Å². The lowest BCUT2D eigenvalue weighted by molar-refractivity contribution is 0.263. The van der Waals surface area contributed by atoms with Gasteiger partial charge in [-0.2, -0.15) is 0 Å². The fraction of sp³-hybridized carbons (Fsp3) is 0.684. The Morgan fingerprint density at radius 1 is 1.14 bits per heavy atom. The fourth-order valence-electron chi connectivity index (χ4n) is 3.92. The Balaban J connectivity index is 1.50. The van der Waals surface area contributed by atoms with Crippen LogP contribution in [0.15, 0.2) is 24.3 Å². The molecule has 0 amide bonds. The Labute approximate surface area is 128 Å². The highest BCUT2D eigenvalue weighted by atomic mass is 19.1. The van der Waals surface area contributed by atoms with Gasteiger partial charge in [0, 0.05) is 6.04 Å². The maximum atomic E-state index is 13.1. The van der Waals surface area contributed by atoms with Crippen LogP contribution in [0, 0.1) is 23.6 Å².